The van der Waals surface area contributed by atoms with Gasteiger partial charge in [0.15, 0.2) is 0 Å². The minimum atomic E-state index is 0.0520. The number of amides is 1. The second kappa shape index (κ2) is 5.56. The number of nitrogens with two attached hydrogens (primary N) is 1. The van der Waals surface area contributed by atoms with E-state index >= 15 is 0 Å². The third-order valence-electron chi connectivity index (χ3n) is 3.67. The summed E-state index contributed by atoms with van der Waals surface area (Å²) < 4.78 is 0. The number of pyridine rings is 1. The zero-order valence-corrected chi connectivity index (χ0v) is 12.1. The Labute approximate surface area is 124 Å². The summed E-state index contributed by atoms with van der Waals surface area (Å²) in [5.74, 6) is 0.0520. The zero-order chi connectivity index (χ0) is 14.8. The number of hydrogen-bond acceptors (Lipinski definition) is 3. The second-order valence-electron chi connectivity index (χ2n) is 5.66. The van der Waals surface area contributed by atoms with E-state index in [0.29, 0.717) is 18.2 Å². The lowest BCUT2D eigenvalue weighted by atomic mass is 10.1. The number of carbonyl (C=O) groups is 1. The molecule has 0 radical (unpaired) electrons. The third-order valence-corrected chi connectivity index (χ3v) is 3.67. The van der Waals surface area contributed by atoms with Gasteiger partial charge in [0.1, 0.15) is 0 Å². The van der Waals surface area contributed by atoms with Gasteiger partial charge in [0.25, 0.3) is 5.91 Å². The normalized spacial score (nSPS) is 14.0. The Morgan fingerprint density at radius 3 is 2.81 bits per heavy atom. The van der Waals surface area contributed by atoms with Crippen molar-refractivity contribution in [2.75, 3.05) is 5.73 Å². The molecule has 1 aliphatic rings. The Hall–Kier alpha value is -2.36. The number of nitrogens with zero attached hydrogens (tertiary/aromatic N) is 2. The Morgan fingerprint density at radius 2 is 2.14 bits per heavy atom. The lowest BCUT2D eigenvalue weighted by molar-refractivity contribution is 0.0729. The van der Waals surface area contributed by atoms with Gasteiger partial charge in [-0.05, 0) is 49.1 Å². The molecule has 1 aromatic heterocycles. The molecule has 4 heteroatoms. The molecule has 0 atom stereocenters. The summed E-state index contributed by atoms with van der Waals surface area (Å²) in [7, 11) is 0. The van der Waals surface area contributed by atoms with Crippen LogP contribution in [0.2, 0.25) is 0 Å². The molecule has 1 aromatic carbocycles. The van der Waals surface area contributed by atoms with Crippen molar-refractivity contribution in [3.63, 3.8) is 0 Å². The quantitative estimate of drug-likeness (QED) is 0.877. The summed E-state index contributed by atoms with van der Waals surface area (Å²) in [6.45, 7) is 2.55. The van der Waals surface area contributed by atoms with Gasteiger partial charge in [0, 0.05) is 30.7 Å². The molecule has 4 nitrogen and oxygen atoms in total. The molecule has 0 bridgehead atoms. The first kappa shape index (κ1) is 13.6. The highest BCUT2D eigenvalue weighted by molar-refractivity contribution is 5.94. The third kappa shape index (κ3) is 3.21. The fourth-order valence-electron chi connectivity index (χ4n) is 2.48. The lowest BCUT2D eigenvalue weighted by Crippen LogP contribution is -2.32. The van der Waals surface area contributed by atoms with Gasteiger partial charge < -0.3 is 10.6 Å². The number of nitrogen functional groups attached to an aromatic ring is 1. The number of aromatic nitrogens is 1. The highest BCUT2D eigenvalue weighted by Gasteiger charge is 2.33. The van der Waals surface area contributed by atoms with Crippen LogP contribution in [-0.2, 0) is 6.54 Å². The van der Waals surface area contributed by atoms with Gasteiger partial charge in [-0.3, -0.25) is 9.78 Å². The van der Waals surface area contributed by atoms with E-state index in [2.05, 4.69) is 4.98 Å². The van der Waals surface area contributed by atoms with E-state index in [1.165, 1.54) is 0 Å². The molecule has 0 saturated heterocycles. The topological polar surface area (TPSA) is 59.2 Å². The van der Waals surface area contributed by atoms with E-state index in [-0.39, 0.29) is 5.91 Å². The number of hydrogen-bond donors (Lipinski definition) is 1. The van der Waals surface area contributed by atoms with Gasteiger partial charge in [-0.2, -0.15) is 0 Å². The van der Waals surface area contributed by atoms with E-state index in [1.54, 1.807) is 12.4 Å². The number of carbonyl (C=O) groups excluding carboxylic acids is 1. The van der Waals surface area contributed by atoms with Crippen LogP contribution in [0.4, 0.5) is 5.69 Å². The summed E-state index contributed by atoms with van der Waals surface area (Å²) in [5, 5.41) is 0. The molecule has 1 amide bonds. The summed E-state index contributed by atoms with van der Waals surface area (Å²) in [5.41, 5.74) is 9.27. The molecule has 0 spiro atoms. The predicted octanol–water partition coefficient (Wildman–Crippen LogP) is 2.78. The molecule has 0 aliphatic heterocycles. The number of anilines is 1. The Balaban J connectivity index is 1.83. The predicted molar refractivity (Wildman–Crippen MR) is 82.7 cm³/mol. The van der Waals surface area contributed by atoms with Crippen molar-refractivity contribution < 1.29 is 4.79 Å². The summed E-state index contributed by atoms with van der Waals surface area (Å²) in [6.07, 6.45) is 5.56. The molecule has 21 heavy (non-hydrogen) atoms. The summed E-state index contributed by atoms with van der Waals surface area (Å²) in [4.78, 5) is 18.8. The summed E-state index contributed by atoms with van der Waals surface area (Å²) in [6, 6.07) is 9.96. The largest absolute Gasteiger partial charge is 0.399 e. The van der Waals surface area contributed by atoms with Crippen LogP contribution in [0.15, 0.2) is 42.7 Å². The van der Waals surface area contributed by atoms with Gasteiger partial charge in [-0.1, -0.05) is 12.1 Å². The minimum absolute atomic E-state index is 0.0520. The maximum atomic E-state index is 12.7. The van der Waals surface area contributed by atoms with Gasteiger partial charge in [0.2, 0.25) is 0 Å². The van der Waals surface area contributed by atoms with E-state index in [0.717, 1.165) is 29.7 Å². The van der Waals surface area contributed by atoms with Gasteiger partial charge in [-0.15, -0.1) is 0 Å². The lowest BCUT2D eigenvalue weighted by Gasteiger charge is -2.23. The van der Waals surface area contributed by atoms with Crippen LogP contribution in [-0.4, -0.2) is 21.8 Å². The average Bonchev–Trinajstić information content (AvgIpc) is 3.29. The van der Waals surface area contributed by atoms with Crippen molar-refractivity contribution in [2.45, 2.75) is 32.4 Å². The molecule has 1 aliphatic carbocycles. The van der Waals surface area contributed by atoms with Crippen molar-refractivity contribution in [2.24, 2.45) is 0 Å². The molecule has 0 unspecified atom stereocenters. The van der Waals surface area contributed by atoms with Crippen LogP contribution < -0.4 is 5.73 Å². The first-order chi connectivity index (χ1) is 10.1. The molecule has 1 heterocycles. The highest BCUT2D eigenvalue weighted by Crippen LogP contribution is 2.30. The van der Waals surface area contributed by atoms with Crippen molar-refractivity contribution in [1.29, 1.82) is 0 Å². The second-order valence-corrected chi connectivity index (χ2v) is 5.66. The maximum Gasteiger partial charge on any atom is 0.255 e. The van der Waals surface area contributed by atoms with E-state index in [9.17, 15) is 4.79 Å². The Morgan fingerprint density at radius 1 is 1.33 bits per heavy atom. The van der Waals surface area contributed by atoms with Gasteiger partial charge in [-0.25, -0.2) is 0 Å². The van der Waals surface area contributed by atoms with Crippen LogP contribution in [0, 0.1) is 6.92 Å². The van der Waals surface area contributed by atoms with Gasteiger partial charge in [0.05, 0.1) is 5.56 Å². The SMILES string of the molecule is Cc1cncc(C(=O)N(Cc2cccc(N)c2)C2CC2)c1. The Kier molecular flexibility index (Phi) is 3.60. The number of aryl methyl sites for hydroxylation is 1. The average molecular weight is 281 g/mol. The molecular formula is C17H19N3O. The Bertz CT molecular complexity index is 665. The molecular weight excluding hydrogens is 262 g/mol. The highest BCUT2D eigenvalue weighted by atomic mass is 16.2. The monoisotopic (exact) mass is 281 g/mol. The molecule has 2 aromatic rings. The maximum absolute atomic E-state index is 12.7. The van der Waals surface area contributed by atoms with Gasteiger partial charge >= 0.3 is 0 Å². The molecule has 108 valence electrons. The minimum Gasteiger partial charge on any atom is -0.399 e. The van der Waals surface area contributed by atoms with Crippen molar-refractivity contribution in [1.82, 2.24) is 9.88 Å². The smallest absolute Gasteiger partial charge is 0.255 e. The molecule has 1 fully saturated rings. The van der Waals surface area contributed by atoms with E-state index in [1.807, 2.05) is 42.2 Å². The van der Waals surface area contributed by atoms with Crippen molar-refractivity contribution >= 4 is 11.6 Å². The first-order valence-corrected chi connectivity index (χ1v) is 7.20. The fourth-order valence-corrected chi connectivity index (χ4v) is 2.48. The number of rotatable bonds is 4. The van der Waals surface area contributed by atoms with Crippen LogP contribution in [0.25, 0.3) is 0 Å². The standard InChI is InChI=1S/C17H19N3O/c1-12-7-14(10-19-9-12)17(21)20(16-5-6-16)11-13-3-2-4-15(18)8-13/h2-4,7-10,16H,5-6,11,18H2,1H3. The van der Waals surface area contributed by atoms with Crippen LogP contribution in [0.5, 0.6) is 0 Å². The fraction of sp³-hybridized carbons (Fsp3) is 0.294. The molecule has 2 N–H and O–H groups in total. The van der Waals surface area contributed by atoms with Crippen LogP contribution in [0.1, 0.15) is 34.3 Å². The zero-order valence-electron chi connectivity index (χ0n) is 12.1. The molecule has 1 saturated carbocycles. The summed E-state index contributed by atoms with van der Waals surface area (Å²) >= 11 is 0. The van der Waals surface area contributed by atoms with Crippen molar-refractivity contribution in [3.8, 4) is 0 Å². The molecule has 3 rings (SSSR count). The van der Waals surface area contributed by atoms with E-state index < -0.39 is 0 Å². The van der Waals surface area contributed by atoms with E-state index in [4.69, 9.17) is 5.73 Å². The first-order valence-electron chi connectivity index (χ1n) is 7.20. The number of benzene rings is 1. The van der Waals surface area contributed by atoms with Crippen LogP contribution >= 0.6 is 0 Å². The van der Waals surface area contributed by atoms with Crippen LogP contribution in [0.3, 0.4) is 0 Å². The van der Waals surface area contributed by atoms with Crippen molar-refractivity contribution in [3.05, 3.63) is 59.4 Å².